The number of halogens is 1. The van der Waals surface area contributed by atoms with Crippen molar-refractivity contribution in [3.8, 4) is 5.75 Å². The lowest BCUT2D eigenvalue weighted by Gasteiger charge is -2.12. The maximum atomic E-state index is 12.2. The molecule has 7 nitrogen and oxygen atoms in total. The number of amides is 1. The third kappa shape index (κ3) is 4.94. The Morgan fingerprint density at radius 3 is 2.88 bits per heavy atom. The number of fused-ring (bicyclic) bond motifs is 1. The molecule has 136 valence electrons. The summed E-state index contributed by atoms with van der Waals surface area (Å²) in [6.45, 7) is 2.99. The predicted octanol–water partition coefficient (Wildman–Crippen LogP) is 1.43. The van der Waals surface area contributed by atoms with Gasteiger partial charge in [0.25, 0.3) is 5.91 Å². The molecule has 0 spiro atoms. The molecule has 1 aromatic carbocycles. The molecule has 25 heavy (non-hydrogen) atoms. The van der Waals surface area contributed by atoms with Crippen LogP contribution in [0.5, 0.6) is 5.75 Å². The second-order valence-electron chi connectivity index (χ2n) is 5.61. The molecule has 2 aromatic rings. The van der Waals surface area contributed by atoms with Crippen molar-refractivity contribution in [1.82, 2.24) is 20.8 Å². The molecular weight excluding hydrogens is 344 g/mol. The van der Waals surface area contributed by atoms with Crippen LogP contribution in [0.2, 0.25) is 0 Å². The van der Waals surface area contributed by atoms with Crippen molar-refractivity contribution < 1.29 is 14.3 Å². The van der Waals surface area contributed by atoms with E-state index in [0.717, 1.165) is 35.5 Å². The average Bonchev–Trinajstić information content (AvgIpc) is 3.06. The number of aromatic amines is 1. The number of hydrogen-bond acceptors (Lipinski definition) is 5. The van der Waals surface area contributed by atoms with E-state index >= 15 is 0 Å². The first-order chi connectivity index (χ1) is 11.8. The number of aromatic nitrogens is 2. The highest BCUT2D eigenvalue weighted by Gasteiger charge is 2.20. The Morgan fingerprint density at radius 1 is 1.32 bits per heavy atom. The summed E-state index contributed by atoms with van der Waals surface area (Å²) < 4.78 is 10.7. The largest absolute Gasteiger partial charge is 0.497 e. The zero-order valence-corrected chi connectivity index (χ0v) is 14.9. The van der Waals surface area contributed by atoms with Gasteiger partial charge in [0.15, 0.2) is 5.69 Å². The van der Waals surface area contributed by atoms with Crippen molar-refractivity contribution in [3.63, 3.8) is 0 Å². The highest BCUT2D eigenvalue weighted by atomic mass is 35.5. The lowest BCUT2D eigenvalue weighted by Crippen LogP contribution is -2.30. The van der Waals surface area contributed by atoms with Gasteiger partial charge in [-0.15, -0.1) is 12.4 Å². The summed E-state index contributed by atoms with van der Waals surface area (Å²) in [4.78, 5) is 12.2. The van der Waals surface area contributed by atoms with Crippen molar-refractivity contribution in [3.05, 3.63) is 46.8 Å². The maximum Gasteiger partial charge on any atom is 0.272 e. The molecule has 3 rings (SSSR count). The van der Waals surface area contributed by atoms with Crippen LogP contribution in [0, 0.1) is 0 Å². The van der Waals surface area contributed by atoms with E-state index in [0.29, 0.717) is 32.0 Å². The van der Waals surface area contributed by atoms with Gasteiger partial charge in [-0.1, -0.05) is 12.1 Å². The fourth-order valence-corrected chi connectivity index (χ4v) is 2.65. The highest BCUT2D eigenvalue weighted by Crippen LogP contribution is 2.15. The number of methoxy groups -OCH3 is 1. The third-order valence-electron chi connectivity index (χ3n) is 3.98. The van der Waals surface area contributed by atoms with Crippen molar-refractivity contribution in [2.45, 2.75) is 19.6 Å². The predicted molar refractivity (Wildman–Crippen MR) is 96.2 cm³/mol. The third-order valence-corrected chi connectivity index (χ3v) is 3.98. The van der Waals surface area contributed by atoms with Crippen molar-refractivity contribution in [2.75, 3.05) is 26.8 Å². The van der Waals surface area contributed by atoms with E-state index in [-0.39, 0.29) is 18.3 Å². The Morgan fingerprint density at radius 2 is 2.12 bits per heavy atom. The first-order valence-electron chi connectivity index (χ1n) is 8.03. The minimum Gasteiger partial charge on any atom is -0.497 e. The van der Waals surface area contributed by atoms with Gasteiger partial charge < -0.3 is 20.1 Å². The van der Waals surface area contributed by atoms with Gasteiger partial charge in [-0.05, 0) is 17.7 Å². The van der Waals surface area contributed by atoms with E-state index in [2.05, 4.69) is 20.8 Å². The Hall–Kier alpha value is -2.09. The number of rotatable bonds is 7. The van der Waals surface area contributed by atoms with Crippen LogP contribution in [0.25, 0.3) is 0 Å². The normalized spacial score (nSPS) is 12.8. The number of H-pyrrole nitrogens is 1. The maximum absolute atomic E-state index is 12.2. The SMILES string of the molecule is COc1ccc(COCCNC(=O)c2n[nH]c3c2CNCC3)cc1.Cl. The molecule has 0 atom stereocenters. The van der Waals surface area contributed by atoms with E-state index in [9.17, 15) is 4.79 Å². The number of benzene rings is 1. The van der Waals surface area contributed by atoms with Crippen LogP contribution in [0.4, 0.5) is 0 Å². The highest BCUT2D eigenvalue weighted by molar-refractivity contribution is 5.94. The molecular formula is C17H23ClN4O3. The number of ether oxygens (including phenoxy) is 2. The fourth-order valence-electron chi connectivity index (χ4n) is 2.65. The van der Waals surface area contributed by atoms with Crippen molar-refractivity contribution in [2.24, 2.45) is 0 Å². The lowest BCUT2D eigenvalue weighted by atomic mass is 10.1. The molecule has 0 aliphatic carbocycles. The van der Waals surface area contributed by atoms with Crippen LogP contribution in [0.15, 0.2) is 24.3 Å². The van der Waals surface area contributed by atoms with E-state index in [1.165, 1.54) is 0 Å². The molecule has 1 amide bonds. The molecule has 0 saturated carbocycles. The molecule has 2 heterocycles. The van der Waals surface area contributed by atoms with E-state index in [4.69, 9.17) is 9.47 Å². The summed E-state index contributed by atoms with van der Waals surface area (Å²) in [7, 11) is 1.64. The first kappa shape index (κ1) is 19.2. The molecule has 1 aliphatic rings. The van der Waals surface area contributed by atoms with E-state index in [1.807, 2.05) is 24.3 Å². The van der Waals surface area contributed by atoms with Crippen LogP contribution < -0.4 is 15.4 Å². The van der Waals surface area contributed by atoms with Crippen LogP contribution in [-0.4, -0.2) is 42.9 Å². The van der Waals surface area contributed by atoms with Gasteiger partial charge in [0.05, 0.1) is 20.3 Å². The second kappa shape index (κ2) is 9.41. The summed E-state index contributed by atoms with van der Waals surface area (Å²) in [5.41, 5.74) is 3.56. The monoisotopic (exact) mass is 366 g/mol. The number of carbonyl (C=O) groups excluding carboxylic acids is 1. The van der Waals surface area contributed by atoms with E-state index < -0.39 is 0 Å². The number of hydrogen-bond donors (Lipinski definition) is 3. The molecule has 8 heteroatoms. The van der Waals surface area contributed by atoms with Crippen molar-refractivity contribution >= 4 is 18.3 Å². The molecule has 1 aliphatic heterocycles. The Labute approximate surface area is 152 Å². The van der Waals surface area contributed by atoms with Crippen LogP contribution in [0.3, 0.4) is 0 Å². The smallest absolute Gasteiger partial charge is 0.272 e. The molecule has 0 fully saturated rings. The zero-order chi connectivity index (χ0) is 16.8. The Bertz CT molecular complexity index is 688. The minimum absolute atomic E-state index is 0. The summed E-state index contributed by atoms with van der Waals surface area (Å²) in [6.07, 6.45) is 0.876. The lowest BCUT2D eigenvalue weighted by molar-refractivity contribution is 0.0895. The molecule has 1 aromatic heterocycles. The van der Waals surface area contributed by atoms with Gasteiger partial charge in [0.1, 0.15) is 5.75 Å². The summed E-state index contributed by atoms with van der Waals surface area (Å²) in [5, 5.41) is 13.2. The van der Waals surface area contributed by atoms with Gasteiger partial charge >= 0.3 is 0 Å². The fraction of sp³-hybridized carbons (Fsp3) is 0.412. The first-order valence-corrected chi connectivity index (χ1v) is 8.03. The molecule has 0 radical (unpaired) electrons. The quantitative estimate of drug-likeness (QED) is 0.645. The van der Waals surface area contributed by atoms with Crippen LogP contribution >= 0.6 is 12.4 Å². The van der Waals surface area contributed by atoms with Gasteiger partial charge in [0.2, 0.25) is 0 Å². The topological polar surface area (TPSA) is 88.3 Å². The number of nitrogens with one attached hydrogen (secondary N) is 3. The summed E-state index contributed by atoms with van der Waals surface area (Å²) >= 11 is 0. The number of nitrogens with zero attached hydrogens (tertiary/aromatic N) is 1. The molecule has 3 N–H and O–H groups in total. The van der Waals surface area contributed by atoms with Crippen molar-refractivity contribution in [1.29, 1.82) is 0 Å². The van der Waals surface area contributed by atoms with Gasteiger partial charge in [-0.2, -0.15) is 5.10 Å². The average molecular weight is 367 g/mol. The van der Waals surface area contributed by atoms with Gasteiger partial charge in [0, 0.05) is 37.3 Å². The Balaban J connectivity index is 0.00000225. The van der Waals surface area contributed by atoms with Crippen LogP contribution in [-0.2, 0) is 24.3 Å². The molecule has 0 saturated heterocycles. The minimum atomic E-state index is -0.163. The zero-order valence-electron chi connectivity index (χ0n) is 14.1. The number of carbonyl (C=O) groups is 1. The summed E-state index contributed by atoms with van der Waals surface area (Å²) in [6, 6.07) is 7.71. The van der Waals surface area contributed by atoms with Gasteiger partial charge in [-0.25, -0.2) is 0 Å². The van der Waals surface area contributed by atoms with Crippen LogP contribution in [0.1, 0.15) is 27.3 Å². The van der Waals surface area contributed by atoms with E-state index in [1.54, 1.807) is 7.11 Å². The molecule has 0 bridgehead atoms. The Kier molecular flexibility index (Phi) is 7.24. The molecule has 0 unspecified atom stereocenters. The standard InChI is InChI=1S/C17H22N4O3.ClH/c1-23-13-4-2-12(3-5-13)11-24-9-8-19-17(22)16-14-10-18-7-6-15(14)20-21-16;/h2-5,18H,6-11H2,1H3,(H,19,22)(H,20,21);1H. The van der Waals surface area contributed by atoms with Gasteiger partial charge in [-0.3, -0.25) is 9.89 Å². The second-order valence-corrected chi connectivity index (χ2v) is 5.61. The summed E-state index contributed by atoms with van der Waals surface area (Å²) in [5.74, 6) is 0.659.